The van der Waals surface area contributed by atoms with Gasteiger partial charge < -0.3 is 10.0 Å². The van der Waals surface area contributed by atoms with Crippen molar-refractivity contribution in [2.45, 2.75) is 38.6 Å². The Kier molecular flexibility index (Phi) is 3.49. The summed E-state index contributed by atoms with van der Waals surface area (Å²) in [5, 5.41) is 8.75. The van der Waals surface area contributed by atoms with Gasteiger partial charge >= 0.3 is 5.97 Å². The van der Waals surface area contributed by atoms with E-state index in [1.54, 1.807) is 7.05 Å². The molecule has 1 saturated carbocycles. The van der Waals surface area contributed by atoms with Crippen LogP contribution in [0, 0.1) is 5.92 Å². The van der Waals surface area contributed by atoms with E-state index in [0.29, 0.717) is 0 Å². The highest BCUT2D eigenvalue weighted by Crippen LogP contribution is 2.26. The molecule has 1 atom stereocenters. The van der Waals surface area contributed by atoms with Gasteiger partial charge in [0.15, 0.2) is 0 Å². The first kappa shape index (κ1) is 11.0. The number of nitrogens with zero attached hydrogens (tertiary/aromatic N) is 1. The number of carbonyl (C=O) groups is 2. The fourth-order valence-corrected chi connectivity index (χ4v) is 1.82. The maximum absolute atomic E-state index is 11.8. The summed E-state index contributed by atoms with van der Waals surface area (Å²) in [6, 6.07) is -0.719. The summed E-state index contributed by atoms with van der Waals surface area (Å²) in [6.45, 7) is 1.54. The van der Waals surface area contributed by atoms with E-state index in [1.165, 1.54) is 11.8 Å². The quantitative estimate of drug-likeness (QED) is 0.740. The maximum Gasteiger partial charge on any atom is 0.326 e. The number of amides is 1. The smallest absolute Gasteiger partial charge is 0.326 e. The van der Waals surface area contributed by atoms with Gasteiger partial charge in [-0.2, -0.15) is 0 Å². The Morgan fingerprint density at radius 3 is 2.29 bits per heavy atom. The van der Waals surface area contributed by atoms with Gasteiger partial charge in [0.1, 0.15) is 6.04 Å². The Bertz CT molecular complexity index is 234. The summed E-state index contributed by atoms with van der Waals surface area (Å²) in [6.07, 6.45) is 4.00. The third-order valence-corrected chi connectivity index (χ3v) is 2.99. The number of aliphatic carboxylic acids is 1. The van der Waals surface area contributed by atoms with E-state index in [2.05, 4.69) is 0 Å². The number of carboxylic acid groups (broad SMARTS) is 1. The van der Waals surface area contributed by atoms with Crippen LogP contribution in [0.25, 0.3) is 0 Å². The number of rotatable bonds is 3. The summed E-state index contributed by atoms with van der Waals surface area (Å²) >= 11 is 0. The molecule has 1 fully saturated rings. The van der Waals surface area contributed by atoms with Crippen molar-refractivity contribution in [3.05, 3.63) is 0 Å². The molecule has 1 unspecified atom stereocenters. The summed E-state index contributed by atoms with van der Waals surface area (Å²) in [5.74, 6) is -0.905. The largest absolute Gasteiger partial charge is 0.480 e. The average Bonchev–Trinajstić information content (AvgIpc) is 2.67. The van der Waals surface area contributed by atoms with Crippen molar-refractivity contribution >= 4 is 11.9 Å². The molecule has 0 bridgehead atoms. The van der Waals surface area contributed by atoms with Crippen LogP contribution in [-0.4, -0.2) is 35.0 Å². The zero-order chi connectivity index (χ0) is 10.7. The Balaban J connectivity index is 2.54. The molecule has 4 nitrogen and oxygen atoms in total. The van der Waals surface area contributed by atoms with E-state index in [-0.39, 0.29) is 11.8 Å². The molecule has 0 saturated heterocycles. The highest BCUT2D eigenvalue weighted by atomic mass is 16.4. The van der Waals surface area contributed by atoms with E-state index in [4.69, 9.17) is 5.11 Å². The van der Waals surface area contributed by atoms with Gasteiger partial charge in [-0.1, -0.05) is 12.8 Å². The van der Waals surface area contributed by atoms with Crippen molar-refractivity contribution in [1.29, 1.82) is 0 Å². The van der Waals surface area contributed by atoms with Gasteiger partial charge in [-0.05, 0) is 19.8 Å². The molecule has 1 aliphatic rings. The number of carboxylic acids is 1. The number of carbonyl (C=O) groups excluding carboxylic acids is 1. The zero-order valence-corrected chi connectivity index (χ0v) is 8.69. The van der Waals surface area contributed by atoms with Crippen molar-refractivity contribution in [3.8, 4) is 0 Å². The van der Waals surface area contributed by atoms with E-state index < -0.39 is 12.0 Å². The van der Waals surface area contributed by atoms with Crippen molar-refractivity contribution in [2.24, 2.45) is 5.92 Å². The molecular weight excluding hydrogens is 182 g/mol. The van der Waals surface area contributed by atoms with Gasteiger partial charge in [0, 0.05) is 13.0 Å². The minimum atomic E-state index is -0.946. The summed E-state index contributed by atoms with van der Waals surface area (Å²) in [7, 11) is 1.57. The molecule has 1 rings (SSSR count). The second-order valence-corrected chi connectivity index (χ2v) is 3.94. The standard InChI is InChI=1S/C10H17NO3/c1-7(10(13)14)11(2)9(12)8-5-3-4-6-8/h7-8H,3-6H2,1-2H3,(H,13,14). The monoisotopic (exact) mass is 199 g/mol. The lowest BCUT2D eigenvalue weighted by Crippen LogP contribution is -2.42. The first-order valence-electron chi connectivity index (χ1n) is 5.03. The SMILES string of the molecule is CC(C(=O)O)N(C)C(=O)C1CCCC1. The van der Waals surface area contributed by atoms with Gasteiger partial charge in [0.2, 0.25) is 5.91 Å². The van der Waals surface area contributed by atoms with Crippen molar-refractivity contribution < 1.29 is 14.7 Å². The van der Waals surface area contributed by atoms with Crippen LogP contribution in [0.1, 0.15) is 32.6 Å². The van der Waals surface area contributed by atoms with Gasteiger partial charge in [-0.25, -0.2) is 4.79 Å². The molecule has 0 heterocycles. The Morgan fingerprint density at radius 1 is 1.36 bits per heavy atom. The molecule has 0 aromatic heterocycles. The Labute approximate surface area is 83.9 Å². The van der Waals surface area contributed by atoms with Crippen LogP contribution in [0.2, 0.25) is 0 Å². The minimum Gasteiger partial charge on any atom is -0.480 e. The van der Waals surface area contributed by atoms with E-state index in [0.717, 1.165) is 25.7 Å². The Morgan fingerprint density at radius 2 is 1.86 bits per heavy atom. The van der Waals surface area contributed by atoms with E-state index in [9.17, 15) is 9.59 Å². The summed E-state index contributed by atoms with van der Waals surface area (Å²) < 4.78 is 0. The minimum absolute atomic E-state index is 0.0163. The van der Waals surface area contributed by atoms with Crippen LogP contribution in [0.5, 0.6) is 0 Å². The molecular formula is C10H17NO3. The molecule has 0 aromatic rings. The summed E-state index contributed by atoms with van der Waals surface area (Å²) in [5.41, 5.74) is 0. The lowest BCUT2D eigenvalue weighted by Gasteiger charge is -2.24. The molecule has 14 heavy (non-hydrogen) atoms. The molecule has 0 aromatic carbocycles. The molecule has 1 amide bonds. The number of hydrogen-bond donors (Lipinski definition) is 1. The van der Waals surface area contributed by atoms with Crippen molar-refractivity contribution in [2.75, 3.05) is 7.05 Å². The van der Waals surface area contributed by atoms with Crippen LogP contribution >= 0.6 is 0 Å². The second kappa shape index (κ2) is 4.44. The predicted molar refractivity (Wildman–Crippen MR) is 51.8 cm³/mol. The van der Waals surface area contributed by atoms with Crippen molar-refractivity contribution in [1.82, 2.24) is 4.90 Å². The molecule has 1 aliphatic carbocycles. The average molecular weight is 199 g/mol. The fourth-order valence-electron chi connectivity index (χ4n) is 1.82. The molecule has 0 aliphatic heterocycles. The highest BCUT2D eigenvalue weighted by molar-refractivity contribution is 5.84. The first-order chi connectivity index (χ1) is 6.54. The lowest BCUT2D eigenvalue weighted by atomic mass is 10.1. The third kappa shape index (κ3) is 2.25. The lowest BCUT2D eigenvalue weighted by molar-refractivity contribution is -0.149. The molecule has 4 heteroatoms. The van der Waals surface area contributed by atoms with Gasteiger partial charge in [0.25, 0.3) is 0 Å². The van der Waals surface area contributed by atoms with Crippen LogP contribution in [0.3, 0.4) is 0 Å². The first-order valence-corrected chi connectivity index (χ1v) is 5.03. The van der Waals surface area contributed by atoms with Gasteiger partial charge in [0.05, 0.1) is 0 Å². The van der Waals surface area contributed by atoms with Crippen molar-refractivity contribution in [3.63, 3.8) is 0 Å². The number of hydrogen-bond acceptors (Lipinski definition) is 2. The van der Waals surface area contributed by atoms with Crippen LogP contribution in [0.15, 0.2) is 0 Å². The zero-order valence-electron chi connectivity index (χ0n) is 8.69. The molecule has 0 radical (unpaired) electrons. The maximum atomic E-state index is 11.8. The Hall–Kier alpha value is -1.06. The third-order valence-electron chi connectivity index (χ3n) is 2.99. The summed E-state index contributed by atoms with van der Waals surface area (Å²) in [4.78, 5) is 23.8. The number of likely N-dealkylation sites (N-methyl/N-ethyl adjacent to an activating group) is 1. The van der Waals surface area contributed by atoms with Gasteiger partial charge in [-0.15, -0.1) is 0 Å². The molecule has 0 spiro atoms. The predicted octanol–water partition coefficient (Wildman–Crippen LogP) is 1.11. The topological polar surface area (TPSA) is 57.6 Å². The molecule has 1 N–H and O–H groups in total. The fraction of sp³-hybridized carbons (Fsp3) is 0.800. The van der Waals surface area contributed by atoms with E-state index >= 15 is 0 Å². The normalized spacial score (nSPS) is 19.3. The molecule has 80 valence electrons. The van der Waals surface area contributed by atoms with Gasteiger partial charge in [-0.3, -0.25) is 4.79 Å². The van der Waals surface area contributed by atoms with Crippen LogP contribution in [0.4, 0.5) is 0 Å². The van der Waals surface area contributed by atoms with E-state index in [1.807, 2.05) is 0 Å². The highest BCUT2D eigenvalue weighted by Gasteiger charge is 2.29. The second-order valence-electron chi connectivity index (χ2n) is 3.94. The van der Waals surface area contributed by atoms with Crippen LogP contribution < -0.4 is 0 Å². The van der Waals surface area contributed by atoms with Crippen LogP contribution in [-0.2, 0) is 9.59 Å².